The molecule has 3 rings (SSSR count). The van der Waals surface area contributed by atoms with Crippen LogP contribution in [-0.4, -0.2) is 21.7 Å². The third-order valence-corrected chi connectivity index (χ3v) is 4.72. The number of halogens is 1. The molecule has 4 nitrogen and oxygen atoms in total. The average molecular weight is 370 g/mol. The number of rotatable bonds is 7. The largest absolute Gasteiger partial charge is 0.411 e. The second-order valence-electron chi connectivity index (χ2n) is 6.13. The summed E-state index contributed by atoms with van der Waals surface area (Å²) in [6.45, 7) is 4.06. The predicted molar refractivity (Wildman–Crippen MR) is 99.9 cm³/mol. The number of Topliss-reactive ketones (excluding diaryl/α,β-unsaturated/α-hetero) is 1. The lowest BCUT2D eigenvalue weighted by Gasteiger charge is -2.01. The van der Waals surface area contributed by atoms with Crippen molar-refractivity contribution in [2.75, 3.05) is 5.75 Å². The first-order valence-electron chi connectivity index (χ1n) is 8.35. The minimum atomic E-state index is -0.340. The fraction of sp³-hybridized carbons (Fsp3) is 0.250. The number of aryl methyl sites for hydroxylation is 2. The van der Waals surface area contributed by atoms with E-state index in [9.17, 15) is 9.18 Å². The van der Waals surface area contributed by atoms with Crippen LogP contribution >= 0.6 is 11.8 Å². The number of ketones is 1. The Hall–Kier alpha value is -2.47. The van der Waals surface area contributed by atoms with Crippen molar-refractivity contribution < 1.29 is 13.6 Å². The molecule has 6 heteroatoms. The quantitative estimate of drug-likeness (QED) is 0.323. The monoisotopic (exact) mass is 370 g/mol. The van der Waals surface area contributed by atoms with Gasteiger partial charge in [-0.05, 0) is 56.7 Å². The molecule has 1 aromatic heterocycles. The molecule has 0 amide bonds. The summed E-state index contributed by atoms with van der Waals surface area (Å²) in [7, 11) is 0. The highest BCUT2D eigenvalue weighted by Crippen LogP contribution is 2.25. The molecule has 0 atom stereocenters. The number of aromatic nitrogens is 2. The van der Waals surface area contributed by atoms with E-state index >= 15 is 0 Å². The third kappa shape index (κ3) is 4.79. The lowest BCUT2D eigenvalue weighted by molar-refractivity contribution is 0.0982. The van der Waals surface area contributed by atoms with Crippen LogP contribution in [0.4, 0.5) is 4.39 Å². The molecule has 0 unspecified atom stereocenters. The van der Waals surface area contributed by atoms with Gasteiger partial charge in [-0.1, -0.05) is 29.0 Å². The molecule has 0 N–H and O–H groups in total. The summed E-state index contributed by atoms with van der Waals surface area (Å²) in [5.74, 6) is 0.864. The highest BCUT2D eigenvalue weighted by Gasteiger charge is 2.11. The summed E-state index contributed by atoms with van der Waals surface area (Å²) in [5.41, 5.74) is 3.73. The molecule has 26 heavy (non-hydrogen) atoms. The zero-order valence-corrected chi connectivity index (χ0v) is 15.5. The summed E-state index contributed by atoms with van der Waals surface area (Å²) in [5, 5.41) is 8.65. The van der Waals surface area contributed by atoms with Crippen LogP contribution in [0.2, 0.25) is 0 Å². The van der Waals surface area contributed by atoms with E-state index in [-0.39, 0.29) is 11.6 Å². The van der Waals surface area contributed by atoms with E-state index in [0.29, 0.717) is 35.3 Å². The Labute approximate surface area is 155 Å². The molecular formula is C20H19FN2O2S. The van der Waals surface area contributed by atoms with Crippen molar-refractivity contribution in [1.82, 2.24) is 10.2 Å². The summed E-state index contributed by atoms with van der Waals surface area (Å²) in [6.07, 6.45) is 1.08. The molecule has 0 aliphatic rings. The summed E-state index contributed by atoms with van der Waals surface area (Å²) < 4.78 is 18.6. The first-order chi connectivity index (χ1) is 12.5. The maximum atomic E-state index is 12.9. The normalized spacial score (nSPS) is 10.9. The van der Waals surface area contributed by atoms with Gasteiger partial charge in [-0.25, -0.2) is 4.39 Å². The van der Waals surface area contributed by atoms with Gasteiger partial charge >= 0.3 is 0 Å². The Kier molecular flexibility index (Phi) is 5.83. The minimum absolute atomic E-state index is 0.00653. The smallest absolute Gasteiger partial charge is 0.276 e. The van der Waals surface area contributed by atoms with Crippen LogP contribution in [0.15, 0.2) is 52.1 Å². The van der Waals surface area contributed by atoms with Gasteiger partial charge in [-0.3, -0.25) is 4.79 Å². The Bertz CT molecular complexity index is 886. The van der Waals surface area contributed by atoms with Crippen molar-refractivity contribution in [1.29, 1.82) is 0 Å². The molecule has 0 aliphatic heterocycles. The summed E-state index contributed by atoms with van der Waals surface area (Å²) >= 11 is 1.43. The Morgan fingerprint density at radius 3 is 2.46 bits per heavy atom. The number of hydrogen-bond acceptors (Lipinski definition) is 5. The SMILES string of the molecule is Cc1cc(C)cc(-c2nnc(SCCCC(=O)c3ccc(F)cc3)o2)c1. The number of carbonyl (C=O) groups is 1. The number of nitrogens with zero attached hydrogens (tertiary/aromatic N) is 2. The van der Waals surface area contributed by atoms with Crippen LogP contribution in [-0.2, 0) is 0 Å². The Morgan fingerprint density at radius 1 is 1.08 bits per heavy atom. The van der Waals surface area contributed by atoms with Gasteiger partial charge in [-0.2, -0.15) is 0 Å². The molecule has 3 aromatic rings. The van der Waals surface area contributed by atoms with Gasteiger partial charge in [-0.15, -0.1) is 10.2 Å². The molecule has 0 fully saturated rings. The van der Waals surface area contributed by atoms with Crippen molar-refractivity contribution in [3.05, 3.63) is 65.0 Å². The fourth-order valence-electron chi connectivity index (χ4n) is 2.66. The van der Waals surface area contributed by atoms with Gasteiger partial charge in [0.2, 0.25) is 5.89 Å². The lowest BCUT2D eigenvalue weighted by atomic mass is 10.1. The topological polar surface area (TPSA) is 56.0 Å². The lowest BCUT2D eigenvalue weighted by Crippen LogP contribution is -1.99. The average Bonchev–Trinajstić information content (AvgIpc) is 3.07. The number of carbonyl (C=O) groups excluding carboxylic acids is 1. The second-order valence-corrected chi connectivity index (χ2v) is 7.18. The Morgan fingerprint density at radius 2 is 1.77 bits per heavy atom. The van der Waals surface area contributed by atoms with Crippen LogP contribution < -0.4 is 0 Å². The number of benzene rings is 2. The Balaban J connectivity index is 1.50. The van der Waals surface area contributed by atoms with E-state index in [0.717, 1.165) is 16.7 Å². The van der Waals surface area contributed by atoms with Crippen LogP contribution in [0, 0.1) is 19.7 Å². The molecule has 0 bridgehead atoms. The molecule has 0 spiro atoms. The molecule has 134 valence electrons. The van der Waals surface area contributed by atoms with E-state index in [4.69, 9.17) is 4.42 Å². The van der Waals surface area contributed by atoms with Gasteiger partial charge in [0.1, 0.15) is 5.82 Å². The van der Waals surface area contributed by atoms with Gasteiger partial charge < -0.3 is 4.42 Å². The highest BCUT2D eigenvalue weighted by molar-refractivity contribution is 7.99. The van der Waals surface area contributed by atoms with E-state index in [1.54, 1.807) is 0 Å². The maximum Gasteiger partial charge on any atom is 0.276 e. The first kappa shape index (κ1) is 18.3. The van der Waals surface area contributed by atoms with E-state index in [2.05, 4.69) is 16.3 Å². The van der Waals surface area contributed by atoms with Gasteiger partial charge in [0.15, 0.2) is 5.78 Å². The van der Waals surface area contributed by atoms with Crippen LogP contribution in [0.3, 0.4) is 0 Å². The zero-order valence-electron chi connectivity index (χ0n) is 14.7. The van der Waals surface area contributed by atoms with Crippen LogP contribution in [0.5, 0.6) is 0 Å². The standard InChI is InChI=1S/C20H19FN2O2S/c1-13-10-14(2)12-16(11-13)19-22-23-20(25-19)26-9-3-4-18(24)15-5-7-17(21)8-6-15/h5-8,10-12H,3-4,9H2,1-2H3. The van der Waals surface area contributed by atoms with Crippen molar-refractivity contribution in [2.45, 2.75) is 31.9 Å². The molecule has 0 radical (unpaired) electrons. The van der Waals surface area contributed by atoms with Crippen LogP contribution in [0.25, 0.3) is 11.5 Å². The highest BCUT2D eigenvalue weighted by atomic mass is 32.2. The van der Waals surface area contributed by atoms with Crippen molar-refractivity contribution in [3.8, 4) is 11.5 Å². The van der Waals surface area contributed by atoms with Gasteiger partial charge in [0, 0.05) is 23.3 Å². The maximum absolute atomic E-state index is 12.9. The van der Waals surface area contributed by atoms with E-state index in [1.807, 2.05) is 26.0 Å². The molecule has 0 saturated carbocycles. The molecule has 0 aliphatic carbocycles. The van der Waals surface area contributed by atoms with Crippen molar-refractivity contribution in [2.24, 2.45) is 0 Å². The molecule has 1 heterocycles. The number of hydrogen-bond donors (Lipinski definition) is 0. The minimum Gasteiger partial charge on any atom is -0.411 e. The first-order valence-corrected chi connectivity index (χ1v) is 9.33. The zero-order chi connectivity index (χ0) is 18.5. The molecule has 0 saturated heterocycles. The third-order valence-electron chi connectivity index (χ3n) is 3.82. The molecule has 2 aromatic carbocycles. The summed E-state index contributed by atoms with van der Waals surface area (Å²) in [6, 6.07) is 11.7. The van der Waals surface area contributed by atoms with Gasteiger partial charge in [0.25, 0.3) is 5.22 Å². The molecular weight excluding hydrogens is 351 g/mol. The second kappa shape index (κ2) is 8.27. The van der Waals surface area contributed by atoms with E-state index < -0.39 is 0 Å². The predicted octanol–water partition coefficient (Wildman–Crippen LogP) is 5.25. The fourth-order valence-corrected chi connectivity index (χ4v) is 3.35. The summed E-state index contributed by atoms with van der Waals surface area (Å²) in [4.78, 5) is 12.0. The van der Waals surface area contributed by atoms with Gasteiger partial charge in [0.05, 0.1) is 0 Å². The van der Waals surface area contributed by atoms with Crippen molar-refractivity contribution >= 4 is 17.5 Å². The van der Waals surface area contributed by atoms with Crippen molar-refractivity contribution in [3.63, 3.8) is 0 Å². The van der Waals surface area contributed by atoms with E-state index in [1.165, 1.54) is 36.0 Å². The van der Waals surface area contributed by atoms with Crippen LogP contribution in [0.1, 0.15) is 34.3 Å². The number of thioether (sulfide) groups is 1.